The van der Waals surface area contributed by atoms with E-state index in [1.165, 1.54) is 6.92 Å². The predicted octanol–water partition coefficient (Wildman–Crippen LogP) is 3.20. The van der Waals surface area contributed by atoms with E-state index >= 15 is 0 Å². The van der Waals surface area contributed by atoms with Gasteiger partial charge in [0.05, 0.1) is 10.8 Å². The summed E-state index contributed by atoms with van der Waals surface area (Å²) in [6.45, 7) is 5.75. The molecule has 1 unspecified atom stereocenters. The van der Waals surface area contributed by atoms with Gasteiger partial charge in [-0.2, -0.15) is 13.2 Å². The second-order valence-corrected chi connectivity index (χ2v) is 7.05. The highest BCUT2D eigenvalue weighted by atomic mass is 32.2. The van der Waals surface area contributed by atoms with E-state index in [-0.39, 0.29) is 12.1 Å². The standard InChI is InChI=1S/C11H14F3NO2S.C2H6/c1-7-10(11(12,13)14)6-8-5-9(18(2,16)17)3-4-15(7)8;1-2/h6,9H,3-5H2,1-2H3;1-2H3. The number of hydrogen-bond donors (Lipinski definition) is 0. The summed E-state index contributed by atoms with van der Waals surface area (Å²) in [6, 6.07) is 1.08. The minimum Gasteiger partial charge on any atom is -0.348 e. The Balaban J connectivity index is 0.000000956. The molecule has 0 amide bonds. The van der Waals surface area contributed by atoms with Gasteiger partial charge in [0.25, 0.3) is 0 Å². The minimum absolute atomic E-state index is 0.162. The first-order valence-corrected chi connectivity index (χ1v) is 8.51. The Bertz CT molecular complexity index is 573. The zero-order valence-electron chi connectivity index (χ0n) is 12.1. The molecular formula is C13H20F3NO2S. The number of alkyl halides is 3. The molecule has 0 bridgehead atoms. The Morgan fingerprint density at radius 3 is 2.30 bits per heavy atom. The topological polar surface area (TPSA) is 39.1 Å². The van der Waals surface area contributed by atoms with Crippen LogP contribution in [0.1, 0.15) is 37.2 Å². The van der Waals surface area contributed by atoms with Gasteiger partial charge >= 0.3 is 6.18 Å². The summed E-state index contributed by atoms with van der Waals surface area (Å²) in [4.78, 5) is 0. The first kappa shape index (κ1) is 17.1. The Morgan fingerprint density at radius 1 is 1.30 bits per heavy atom. The first-order chi connectivity index (χ1) is 9.10. The minimum atomic E-state index is -4.38. The van der Waals surface area contributed by atoms with Gasteiger partial charge in [-0.05, 0) is 19.4 Å². The van der Waals surface area contributed by atoms with E-state index in [4.69, 9.17) is 0 Å². The summed E-state index contributed by atoms with van der Waals surface area (Å²) >= 11 is 0. The molecule has 1 aromatic rings. The molecule has 0 saturated heterocycles. The number of sulfone groups is 1. The van der Waals surface area contributed by atoms with Crippen molar-refractivity contribution in [1.29, 1.82) is 0 Å². The van der Waals surface area contributed by atoms with Gasteiger partial charge in [-0.1, -0.05) is 13.8 Å². The fourth-order valence-electron chi connectivity index (χ4n) is 2.45. The van der Waals surface area contributed by atoms with E-state index in [2.05, 4.69) is 0 Å². The molecule has 1 atom stereocenters. The Kier molecular flexibility index (Phi) is 4.94. The van der Waals surface area contributed by atoms with Crippen LogP contribution in [-0.4, -0.2) is 24.5 Å². The van der Waals surface area contributed by atoms with Crippen molar-refractivity contribution in [2.75, 3.05) is 6.26 Å². The van der Waals surface area contributed by atoms with Crippen LogP contribution < -0.4 is 0 Å². The second kappa shape index (κ2) is 5.79. The number of hydrogen-bond acceptors (Lipinski definition) is 2. The highest BCUT2D eigenvalue weighted by molar-refractivity contribution is 7.91. The van der Waals surface area contributed by atoms with Gasteiger partial charge in [-0.25, -0.2) is 8.42 Å². The molecule has 0 N–H and O–H groups in total. The second-order valence-electron chi connectivity index (χ2n) is 4.73. The first-order valence-electron chi connectivity index (χ1n) is 6.56. The van der Waals surface area contributed by atoms with Gasteiger partial charge < -0.3 is 4.57 Å². The van der Waals surface area contributed by atoms with Crippen molar-refractivity contribution in [2.24, 2.45) is 0 Å². The van der Waals surface area contributed by atoms with Gasteiger partial charge in [0.2, 0.25) is 0 Å². The van der Waals surface area contributed by atoms with Gasteiger partial charge in [-0.15, -0.1) is 0 Å². The predicted molar refractivity (Wildman–Crippen MR) is 72.5 cm³/mol. The van der Waals surface area contributed by atoms with Crippen LogP contribution in [0, 0.1) is 6.92 Å². The molecule has 0 saturated carbocycles. The fourth-order valence-corrected chi connectivity index (χ4v) is 3.46. The lowest BCUT2D eigenvalue weighted by atomic mass is 10.1. The van der Waals surface area contributed by atoms with Crippen LogP contribution in [0.5, 0.6) is 0 Å². The molecule has 2 heterocycles. The largest absolute Gasteiger partial charge is 0.418 e. The van der Waals surface area contributed by atoms with Crippen LogP contribution in [0.4, 0.5) is 13.2 Å². The molecule has 20 heavy (non-hydrogen) atoms. The third-order valence-corrected chi connectivity index (χ3v) is 5.09. The molecule has 2 rings (SSSR count). The maximum absolute atomic E-state index is 12.7. The van der Waals surface area contributed by atoms with Crippen LogP contribution in [0.15, 0.2) is 6.07 Å². The highest BCUT2D eigenvalue weighted by Gasteiger charge is 2.37. The lowest BCUT2D eigenvalue weighted by Crippen LogP contribution is -2.30. The average molecular weight is 311 g/mol. The molecule has 0 spiro atoms. The molecule has 0 radical (unpaired) electrons. The molecule has 0 fully saturated rings. The van der Waals surface area contributed by atoms with E-state index in [1.54, 1.807) is 4.57 Å². The van der Waals surface area contributed by atoms with Crippen LogP contribution in [0.3, 0.4) is 0 Å². The molecule has 116 valence electrons. The Hall–Kier alpha value is -0.980. The van der Waals surface area contributed by atoms with Crippen molar-refractivity contribution < 1.29 is 21.6 Å². The van der Waals surface area contributed by atoms with Crippen molar-refractivity contribution in [1.82, 2.24) is 4.57 Å². The van der Waals surface area contributed by atoms with Crippen molar-refractivity contribution in [3.8, 4) is 0 Å². The van der Waals surface area contributed by atoms with Crippen molar-refractivity contribution in [3.05, 3.63) is 23.0 Å². The van der Waals surface area contributed by atoms with Gasteiger partial charge in [0.1, 0.15) is 0 Å². The van der Waals surface area contributed by atoms with Crippen LogP contribution in [-0.2, 0) is 29.0 Å². The van der Waals surface area contributed by atoms with E-state index in [9.17, 15) is 21.6 Å². The SMILES string of the molecule is CC.Cc1c(C(F)(F)F)cc2n1CCC(S(C)(=O)=O)C2. The summed E-state index contributed by atoms with van der Waals surface area (Å²) in [7, 11) is -3.20. The summed E-state index contributed by atoms with van der Waals surface area (Å²) < 4.78 is 62.7. The highest BCUT2D eigenvalue weighted by Crippen LogP contribution is 2.36. The third-order valence-electron chi connectivity index (χ3n) is 3.47. The van der Waals surface area contributed by atoms with Gasteiger partial charge in [0.15, 0.2) is 9.84 Å². The summed E-state index contributed by atoms with van der Waals surface area (Å²) in [5.74, 6) is 0. The fraction of sp³-hybridized carbons (Fsp3) is 0.692. The number of rotatable bonds is 1. The number of fused-ring (bicyclic) bond motifs is 1. The molecule has 0 aromatic carbocycles. The van der Waals surface area contributed by atoms with Crippen LogP contribution in [0.2, 0.25) is 0 Å². The van der Waals surface area contributed by atoms with E-state index in [1.807, 2.05) is 13.8 Å². The molecule has 1 aliphatic heterocycles. The van der Waals surface area contributed by atoms with Crippen LogP contribution >= 0.6 is 0 Å². The number of aromatic nitrogens is 1. The smallest absolute Gasteiger partial charge is 0.348 e. The Morgan fingerprint density at radius 2 is 1.85 bits per heavy atom. The summed E-state index contributed by atoms with van der Waals surface area (Å²) in [6.07, 6.45) is -2.71. The normalized spacial score (nSPS) is 19.1. The van der Waals surface area contributed by atoms with Crippen LogP contribution in [0.25, 0.3) is 0 Å². The molecule has 1 aromatic heterocycles. The van der Waals surface area contributed by atoms with Crippen molar-refractivity contribution in [3.63, 3.8) is 0 Å². The van der Waals surface area contributed by atoms with E-state index in [0.717, 1.165) is 12.3 Å². The monoisotopic (exact) mass is 311 g/mol. The zero-order valence-corrected chi connectivity index (χ0v) is 12.9. The maximum Gasteiger partial charge on any atom is 0.418 e. The van der Waals surface area contributed by atoms with E-state index < -0.39 is 26.8 Å². The lowest BCUT2D eigenvalue weighted by Gasteiger charge is -2.24. The molecule has 1 aliphatic rings. The lowest BCUT2D eigenvalue weighted by molar-refractivity contribution is -0.138. The van der Waals surface area contributed by atoms with Crippen molar-refractivity contribution >= 4 is 9.84 Å². The third kappa shape index (κ3) is 3.37. The molecular weight excluding hydrogens is 291 g/mol. The zero-order chi connectivity index (χ0) is 15.7. The summed E-state index contributed by atoms with van der Waals surface area (Å²) in [5, 5.41) is -0.569. The van der Waals surface area contributed by atoms with E-state index in [0.29, 0.717) is 18.7 Å². The maximum atomic E-state index is 12.7. The van der Waals surface area contributed by atoms with Crippen molar-refractivity contribution in [2.45, 2.75) is 51.6 Å². The number of halogens is 3. The summed E-state index contributed by atoms with van der Waals surface area (Å²) in [5.41, 5.74) is -0.0300. The molecule has 3 nitrogen and oxygen atoms in total. The average Bonchev–Trinajstić information content (AvgIpc) is 2.68. The Labute approximate surface area is 117 Å². The number of nitrogens with zero attached hydrogens (tertiary/aromatic N) is 1. The van der Waals surface area contributed by atoms with Gasteiger partial charge in [0, 0.05) is 30.6 Å². The quantitative estimate of drug-likeness (QED) is 0.799. The van der Waals surface area contributed by atoms with Gasteiger partial charge in [-0.3, -0.25) is 0 Å². The molecule has 0 aliphatic carbocycles. The molecule has 7 heteroatoms.